The van der Waals surface area contributed by atoms with Crippen LogP contribution < -0.4 is 9.46 Å². The molecule has 0 aliphatic heterocycles. The van der Waals surface area contributed by atoms with E-state index in [9.17, 15) is 13.5 Å². The van der Waals surface area contributed by atoms with Gasteiger partial charge in [-0.15, -0.1) is 0 Å². The molecule has 6 nitrogen and oxygen atoms in total. The van der Waals surface area contributed by atoms with E-state index in [-0.39, 0.29) is 17.4 Å². The molecule has 1 aliphatic rings. The Morgan fingerprint density at radius 1 is 1.29 bits per heavy atom. The van der Waals surface area contributed by atoms with Gasteiger partial charge >= 0.3 is 0 Å². The summed E-state index contributed by atoms with van der Waals surface area (Å²) in [5.74, 6) is 1.01. The van der Waals surface area contributed by atoms with Crippen LogP contribution in [0, 0.1) is 5.92 Å². The number of aliphatic hydroxyl groups is 1. The Bertz CT molecular complexity index is 766. The largest absolute Gasteiger partial charge is 0.494 e. The van der Waals surface area contributed by atoms with Crippen molar-refractivity contribution in [3.8, 4) is 5.75 Å². The smallest absolute Gasteiger partial charge is 0.240 e. The molecule has 0 radical (unpaired) electrons. The van der Waals surface area contributed by atoms with E-state index in [1.54, 1.807) is 24.3 Å². The lowest BCUT2D eigenvalue weighted by Crippen LogP contribution is -2.42. The molecule has 2 N–H and O–H groups in total. The number of hydrogen-bond donors (Lipinski definition) is 2. The third kappa shape index (κ3) is 3.48. The van der Waals surface area contributed by atoms with Crippen LogP contribution in [-0.2, 0) is 15.6 Å². The molecule has 0 bridgehead atoms. The lowest BCUT2D eigenvalue weighted by Gasteiger charge is -2.26. The second-order valence-corrected chi connectivity index (χ2v) is 7.67. The summed E-state index contributed by atoms with van der Waals surface area (Å²) in [6.07, 6.45) is 3.17. The highest BCUT2D eigenvalue weighted by Gasteiger charge is 2.47. The first-order valence-electron chi connectivity index (χ1n) is 7.94. The van der Waals surface area contributed by atoms with Crippen LogP contribution in [0.3, 0.4) is 0 Å². The first-order valence-corrected chi connectivity index (χ1v) is 9.43. The maximum atomic E-state index is 12.5. The average molecular weight is 351 g/mol. The molecule has 0 spiro atoms. The molecule has 1 unspecified atom stereocenters. The van der Waals surface area contributed by atoms with E-state index >= 15 is 0 Å². The summed E-state index contributed by atoms with van der Waals surface area (Å²) in [5.41, 5.74) is -1.32. The normalized spacial score (nSPS) is 17.4. The van der Waals surface area contributed by atoms with Gasteiger partial charge in [0.1, 0.15) is 17.1 Å². The molecule has 1 aromatic heterocycles. The molecule has 130 valence electrons. The van der Waals surface area contributed by atoms with Crippen LogP contribution in [-0.4, -0.2) is 26.7 Å². The Morgan fingerprint density at radius 2 is 2.00 bits per heavy atom. The number of nitrogens with one attached hydrogen (secondary N) is 1. The second kappa shape index (κ2) is 6.58. The second-order valence-electron chi connectivity index (χ2n) is 5.90. The van der Waals surface area contributed by atoms with Crippen molar-refractivity contribution < 1.29 is 22.7 Å². The van der Waals surface area contributed by atoms with Crippen molar-refractivity contribution in [3.63, 3.8) is 0 Å². The van der Waals surface area contributed by atoms with E-state index in [4.69, 9.17) is 9.15 Å². The summed E-state index contributed by atoms with van der Waals surface area (Å²) in [4.78, 5) is 0.128. The molecule has 0 saturated heterocycles. The fourth-order valence-electron chi connectivity index (χ4n) is 2.69. The lowest BCUT2D eigenvalue weighted by molar-refractivity contribution is -0.00224. The molecule has 0 amide bonds. The number of furan rings is 1. The summed E-state index contributed by atoms with van der Waals surface area (Å²) in [6.45, 7) is 2.25. The van der Waals surface area contributed by atoms with Crippen molar-refractivity contribution in [1.29, 1.82) is 0 Å². The fourth-order valence-corrected chi connectivity index (χ4v) is 3.76. The first-order chi connectivity index (χ1) is 11.5. The van der Waals surface area contributed by atoms with E-state index in [1.807, 2.05) is 6.92 Å². The molecular formula is C17H21NO5S. The van der Waals surface area contributed by atoms with Gasteiger partial charge in [-0.3, -0.25) is 0 Å². The topological polar surface area (TPSA) is 88.8 Å². The van der Waals surface area contributed by atoms with E-state index in [0.717, 1.165) is 12.8 Å². The number of rotatable bonds is 8. The Kier molecular flexibility index (Phi) is 4.67. The Hall–Kier alpha value is -1.83. The molecule has 2 aromatic rings. The van der Waals surface area contributed by atoms with Crippen molar-refractivity contribution in [2.45, 2.75) is 30.3 Å². The van der Waals surface area contributed by atoms with Gasteiger partial charge < -0.3 is 14.3 Å². The molecular weight excluding hydrogens is 330 g/mol. The summed E-state index contributed by atoms with van der Waals surface area (Å²) in [5, 5.41) is 10.9. The minimum atomic E-state index is -3.73. The Labute approximate surface area is 141 Å². The summed E-state index contributed by atoms with van der Waals surface area (Å²) in [7, 11) is -3.73. The quantitative estimate of drug-likeness (QED) is 0.761. The van der Waals surface area contributed by atoms with Crippen molar-refractivity contribution in [3.05, 3.63) is 48.4 Å². The van der Waals surface area contributed by atoms with Crippen molar-refractivity contribution in [2.75, 3.05) is 13.2 Å². The highest BCUT2D eigenvalue weighted by Crippen LogP contribution is 2.45. The van der Waals surface area contributed by atoms with Crippen LogP contribution in [0.15, 0.2) is 52.0 Å². The standard InChI is InChI=1S/C17H21NO5S/c1-2-22-14-7-9-15(10-8-14)24(20,21)18-12-17(19,13-5-6-13)16-4-3-11-23-16/h3-4,7-11,13,18-19H,2,5-6,12H2,1H3. The highest BCUT2D eigenvalue weighted by molar-refractivity contribution is 7.89. The number of benzene rings is 1. The SMILES string of the molecule is CCOc1ccc(S(=O)(=O)NCC(O)(c2ccco2)C2CC2)cc1. The fraction of sp³-hybridized carbons (Fsp3) is 0.412. The number of ether oxygens (including phenoxy) is 1. The third-order valence-corrected chi connectivity index (χ3v) is 5.59. The van der Waals surface area contributed by atoms with Gasteiger partial charge in [-0.25, -0.2) is 13.1 Å². The van der Waals surface area contributed by atoms with E-state index in [1.165, 1.54) is 18.4 Å². The van der Waals surface area contributed by atoms with Crippen molar-refractivity contribution in [2.24, 2.45) is 5.92 Å². The predicted molar refractivity (Wildman–Crippen MR) is 88.1 cm³/mol. The average Bonchev–Trinajstić information content (AvgIpc) is 3.29. The van der Waals surface area contributed by atoms with E-state index < -0.39 is 15.6 Å². The first kappa shape index (κ1) is 17.0. The van der Waals surface area contributed by atoms with Gasteiger partial charge in [0.2, 0.25) is 10.0 Å². The Balaban J connectivity index is 1.74. The zero-order valence-electron chi connectivity index (χ0n) is 13.4. The highest BCUT2D eigenvalue weighted by atomic mass is 32.2. The minimum Gasteiger partial charge on any atom is -0.494 e. The number of hydrogen-bond acceptors (Lipinski definition) is 5. The summed E-state index contributed by atoms with van der Waals surface area (Å²) in [6, 6.07) is 9.54. The van der Waals surface area contributed by atoms with Crippen molar-refractivity contribution >= 4 is 10.0 Å². The predicted octanol–water partition coefficient (Wildman–Crippen LogP) is 2.25. The molecule has 1 aromatic carbocycles. The van der Waals surface area contributed by atoms with Crippen LogP contribution in [0.5, 0.6) is 5.75 Å². The molecule has 1 saturated carbocycles. The van der Waals surface area contributed by atoms with Gasteiger partial charge in [0.15, 0.2) is 0 Å². The van der Waals surface area contributed by atoms with E-state index in [0.29, 0.717) is 18.1 Å². The third-order valence-electron chi connectivity index (χ3n) is 4.18. The van der Waals surface area contributed by atoms with Gasteiger partial charge in [-0.2, -0.15) is 0 Å². The summed E-state index contributed by atoms with van der Waals surface area (Å²) < 4.78 is 38.1. The van der Waals surface area contributed by atoms with Crippen LogP contribution in [0.1, 0.15) is 25.5 Å². The lowest BCUT2D eigenvalue weighted by atomic mass is 9.95. The monoisotopic (exact) mass is 351 g/mol. The maximum Gasteiger partial charge on any atom is 0.240 e. The molecule has 1 atom stereocenters. The van der Waals surface area contributed by atoms with Gasteiger partial charge in [0.05, 0.1) is 17.8 Å². The van der Waals surface area contributed by atoms with E-state index in [2.05, 4.69) is 4.72 Å². The molecule has 1 fully saturated rings. The van der Waals surface area contributed by atoms with Crippen LogP contribution in [0.25, 0.3) is 0 Å². The molecule has 7 heteroatoms. The maximum absolute atomic E-state index is 12.5. The van der Waals surface area contributed by atoms with Gasteiger partial charge in [0, 0.05) is 6.54 Å². The summed E-state index contributed by atoms with van der Waals surface area (Å²) >= 11 is 0. The van der Waals surface area contributed by atoms with Crippen molar-refractivity contribution in [1.82, 2.24) is 4.72 Å². The molecule has 1 aliphatic carbocycles. The van der Waals surface area contributed by atoms with Gasteiger partial charge in [-0.1, -0.05) is 0 Å². The van der Waals surface area contributed by atoms with Gasteiger partial charge in [0.25, 0.3) is 0 Å². The van der Waals surface area contributed by atoms with Crippen LogP contribution >= 0.6 is 0 Å². The van der Waals surface area contributed by atoms with Crippen LogP contribution in [0.4, 0.5) is 0 Å². The molecule has 24 heavy (non-hydrogen) atoms. The minimum absolute atomic E-state index is 0.00619. The molecule has 3 rings (SSSR count). The zero-order valence-corrected chi connectivity index (χ0v) is 14.3. The molecule has 1 heterocycles. The zero-order chi connectivity index (χ0) is 17.2. The van der Waals surface area contributed by atoms with Crippen LogP contribution in [0.2, 0.25) is 0 Å². The Morgan fingerprint density at radius 3 is 2.54 bits per heavy atom. The van der Waals surface area contributed by atoms with Gasteiger partial charge in [-0.05, 0) is 62.1 Å². The number of sulfonamides is 1.